The molecule has 1 aliphatic rings. The van der Waals surface area contributed by atoms with Crippen molar-refractivity contribution in [1.29, 1.82) is 0 Å². The summed E-state index contributed by atoms with van der Waals surface area (Å²) >= 11 is 6.12. The summed E-state index contributed by atoms with van der Waals surface area (Å²) in [6.07, 6.45) is -0.461. The van der Waals surface area contributed by atoms with Crippen LogP contribution in [0.2, 0.25) is 5.02 Å². The zero-order chi connectivity index (χ0) is 24.3. The van der Waals surface area contributed by atoms with Crippen LogP contribution in [0.15, 0.2) is 72.8 Å². The van der Waals surface area contributed by atoms with Gasteiger partial charge >= 0.3 is 6.09 Å². The molecule has 3 aromatic carbocycles. The van der Waals surface area contributed by atoms with E-state index in [0.29, 0.717) is 28.5 Å². The van der Waals surface area contributed by atoms with Crippen LogP contribution in [0.1, 0.15) is 37.5 Å². The van der Waals surface area contributed by atoms with Gasteiger partial charge in [0.05, 0.1) is 17.0 Å². The van der Waals surface area contributed by atoms with E-state index in [1.165, 1.54) is 0 Å². The van der Waals surface area contributed by atoms with Crippen LogP contribution in [0.4, 0.5) is 16.2 Å². The van der Waals surface area contributed by atoms with Gasteiger partial charge in [-0.2, -0.15) is 0 Å². The van der Waals surface area contributed by atoms with Gasteiger partial charge in [0.1, 0.15) is 5.60 Å². The molecule has 0 aliphatic carbocycles. The van der Waals surface area contributed by atoms with Crippen LogP contribution >= 0.6 is 11.6 Å². The van der Waals surface area contributed by atoms with Crippen LogP contribution < -0.4 is 16.0 Å². The van der Waals surface area contributed by atoms with E-state index in [9.17, 15) is 9.59 Å². The van der Waals surface area contributed by atoms with Gasteiger partial charge in [-0.3, -0.25) is 4.79 Å². The molecule has 3 N–H and O–H groups in total. The summed E-state index contributed by atoms with van der Waals surface area (Å²) in [4.78, 5) is 24.8. The van der Waals surface area contributed by atoms with Crippen LogP contribution in [0.5, 0.6) is 0 Å². The van der Waals surface area contributed by atoms with Gasteiger partial charge < -0.3 is 20.7 Å². The Balaban J connectivity index is 1.59. The number of hydrogen-bond donors (Lipinski definition) is 3. The number of ether oxygens (including phenoxy) is 1. The number of anilines is 2. The van der Waals surface area contributed by atoms with E-state index in [1.807, 2.05) is 81.4 Å². The summed E-state index contributed by atoms with van der Waals surface area (Å²) in [5.41, 5.74) is 4.78. The lowest BCUT2D eigenvalue weighted by Gasteiger charge is -2.19. The number of rotatable bonds is 5. The zero-order valence-electron chi connectivity index (χ0n) is 19.2. The molecular formula is C27H26ClN3O3. The summed E-state index contributed by atoms with van der Waals surface area (Å²) in [5, 5.41) is 9.64. The Morgan fingerprint density at radius 2 is 1.71 bits per heavy atom. The molecule has 0 saturated heterocycles. The molecule has 1 aliphatic heterocycles. The van der Waals surface area contributed by atoms with Gasteiger partial charge in [0.2, 0.25) is 0 Å². The summed E-state index contributed by atoms with van der Waals surface area (Å²) in [7, 11) is 0. The standard InChI is InChI=1S/C27H26ClN3O3/c1-27(2,3)34-26(33)29-16-17-9-12-20(13-10-17)30-24(18-7-5-4-6-8-18)23-21-14-11-19(28)15-22(21)31-25(23)32/h4-15,30H,16H2,1-3H3,(H,29,33)(H,31,32)/b24-23-. The Bertz CT molecular complexity index is 1250. The van der Waals surface area contributed by atoms with Crippen LogP contribution in [0, 0.1) is 0 Å². The molecule has 0 saturated carbocycles. The Hall–Kier alpha value is -3.77. The third-order valence-electron chi connectivity index (χ3n) is 5.10. The first-order valence-corrected chi connectivity index (χ1v) is 11.3. The molecule has 2 amide bonds. The highest BCUT2D eigenvalue weighted by molar-refractivity contribution is 6.38. The van der Waals surface area contributed by atoms with Crippen molar-refractivity contribution in [3.8, 4) is 0 Å². The van der Waals surface area contributed by atoms with Crippen molar-refractivity contribution in [3.05, 3.63) is 94.5 Å². The molecule has 0 unspecified atom stereocenters. The number of amides is 2. The number of fused-ring (bicyclic) bond motifs is 1. The predicted octanol–water partition coefficient (Wildman–Crippen LogP) is 6.30. The molecular weight excluding hydrogens is 450 g/mol. The monoisotopic (exact) mass is 475 g/mol. The van der Waals surface area contributed by atoms with Crippen molar-refractivity contribution in [2.45, 2.75) is 32.9 Å². The Labute approximate surface area is 204 Å². The number of alkyl carbamates (subject to hydrolysis) is 1. The highest BCUT2D eigenvalue weighted by Gasteiger charge is 2.28. The van der Waals surface area contributed by atoms with Gasteiger partial charge in [0.15, 0.2) is 0 Å². The normalized spacial score (nSPS) is 14.2. The molecule has 3 aromatic rings. The van der Waals surface area contributed by atoms with E-state index >= 15 is 0 Å². The SMILES string of the molecule is CC(C)(C)OC(=O)NCc1ccc(N/C(=C2\C(=O)Nc3cc(Cl)ccc32)c2ccccc2)cc1. The van der Waals surface area contributed by atoms with Crippen LogP contribution in [0.3, 0.4) is 0 Å². The average molecular weight is 476 g/mol. The van der Waals surface area contributed by atoms with Crippen molar-refractivity contribution in [1.82, 2.24) is 5.32 Å². The fourth-order valence-corrected chi connectivity index (χ4v) is 3.79. The topological polar surface area (TPSA) is 79.5 Å². The lowest BCUT2D eigenvalue weighted by atomic mass is 10.00. The second-order valence-corrected chi connectivity index (χ2v) is 9.37. The number of carbonyl (C=O) groups excluding carboxylic acids is 2. The van der Waals surface area contributed by atoms with Gasteiger partial charge in [-0.15, -0.1) is 0 Å². The van der Waals surface area contributed by atoms with Gasteiger partial charge in [-0.1, -0.05) is 60.1 Å². The van der Waals surface area contributed by atoms with Gasteiger partial charge in [0, 0.05) is 22.8 Å². The van der Waals surface area contributed by atoms with Crippen molar-refractivity contribution in [3.63, 3.8) is 0 Å². The lowest BCUT2D eigenvalue weighted by molar-refractivity contribution is -0.110. The number of nitrogens with one attached hydrogen (secondary N) is 3. The minimum absolute atomic E-state index is 0.193. The van der Waals surface area contributed by atoms with E-state index in [0.717, 1.165) is 22.4 Å². The first-order valence-electron chi connectivity index (χ1n) is 10.9. The maximum atomic E-state index is 12.9. The van der Waals surface area contributed by atoms with Crippen LogP contribution in [-0.2, 0) is 16.1 Å². The third kappa shape index (κ3) is 5.58. The molecule has 6 nitrogen and oxygen atoms in total. The van der Waals surface area contributed by atoms with Crippen LogP contribution in [0.25, 0.3) is 11.3 Å². The molecule has 0 radical (unpaired) electrons. The Morgan fingerprint density at radius 3 is 2.38 bits per heavy atom. The maximum Gasteiger partial charge on any atom is 0.407 e. The molecule has 1 heterocycles. The van der Waals surface area contributed by atoms with Crippen LogP contribution in [-0.4, -0.2) is 17.6 Å². The molecule has 0 bridgehead atoms. The number of carbonyl (C=O) groups is 2. The minimum Gasteiger partial charge on any atom is -0.444 e. The second-order valence-electron chi connectivity index (χ2n) is 8.94. The molecule has 174 valence electrons. The molecule has 7 heteroatoms. The second kappa shape index (κ2) is 9.61. The minimum atomic E-state index is -0.546. The summed E-state index contributed by atoms with van der Waals surface area (Å²) in [6, 6.07) is 22.7. The van der Waals surface area contributed by atoms with E-state index in [-0.39, 0.29) is 5.91 Å². The maximum absolute atomic E-state index is 12.9. The fraction of sp³-hybridized carbons (Fsp3) is 0.185. The molecule has 0 atom stereocenters. The van der Waals surface area contributed by atoms with Gasteiger partial charge in [0.25, 0.3) is 5.91 Å². The largest absolute Gasteiger partial charge is 0.444 e. The average Bonchev–Trinajstić information content (AvgIpc) is 3.11. The highest BCUT2D eigenvalue weighted by atomic mass is 35.5. The van der Waals surface area contributed by atoms with Crippen molar-refractivity contribution in [2.75, 3.05) is 10.6 Å². The molecule has 34 heavy (non-hydrogen) atoms. The van der Waals surface area contributed by atoms with E-state index in [1.54, 1.807) is 12.1 Å². The zero-order valence-corrected chi connectivity index (χ0v) is 20.0. The first kappa shape index (κ1) is 23.4. The Kier molecular flexibility index (Phi) is 6.61. The van der Waals surface area contributed by atoms with Crippen molar-refractivity contribution >= 4 is 46.2 Å². The molecule has 0 aromatic heterocycles. The lowest BCUT2D eigenvalue weighted by Crippen LogP contribution is -2.32. The highest BCUT2D eigenvalue weighted by Crippen LogP contribution is 2.38. The summed E-state index contributed by atoms with van der Waals surface area (Å²) < 4.78 is 5.27. The van der Waals surface area contributed by atoms with Crippen molar-refractivity contribution < 1.29 is 14.3 Å². The smallest absolute Gasteiger partial charge is 0.407 e. The van der Waals surface area contributed by atoms with Gasteiger partial charge in [-0.25, -0.2) is 4.79 Å². The number of hydrogen-bond acceptors (Lipinski definition) is 4. The third-order valence-corrected chi connectivity index (χ3v) is 5.33. The quantitative estimate of drug-likeness (QED) is 0.378. The summed E-state index contributed by atoms with van der Waals surface area (Å²) in [5.74, 6) is -0.193. The number of benzene rings is 3. The van der Waals surface area contributed by atoms with E-state index < -0.39 is 11.7 Å². The fourth-order valence-electron chi connectivity index (χ4n) is 3.62. The summed E-state index contributed by atoms with van der Waals surface area (Å²) in [6.45, 7) is 5.81. The Morgan fingerprint density at radius 1 is 1.00 bits per heavy atom. The molecule has 4 rings (SSSR count). The number of halogens is 1. The first-order chi connectivity index (χ1) is 16.2. The molecule has 0 fully saturated rings. The van der Waals surface area contributed by atoms with Gasteiger partial charge in [-0.05, 0) is 56.2 Å². The van der Waals surface area contributed by atoms with E-state index in [4.69, 9.17) is 16.3 Å². The predicted molar refractivity (Wildman–Crippen MR) is 136 cm³/mol. The van der Waals surface area contributed by atoms with E-state index in [2.05, 4.69) is 16.0 Å². The van der Waals surface area contributed by atoms with Crippen molar-refractivity contribution in [2.24, 2.45) is 0 Å². The molecule has 0 spiro atoms.